The van der Waals surface area contributed by atoms with Crippen LogP contribution in [0.25, 0.3) is 0 Å². The van der Waals surface area contributed by atoms with Crippen LogP contribution in [0.1, 0.15) is 42.7 Å². The predicted molar refractivity (Wildman–Crippen MR) is 90.0 cm³/mol. The van der Waals surface area contributed by atoms with Gasteiger partial charge < -0.3 is 9.47 Å². The molecule has 23 heavy (non-hydrogen) atoms. The first-order valence-electron chi connectivity index (χ1n) is 8.31. The number of hydrogen-bond donors (Lipinski definition) is 0. The lowest BCUT2D eigenvalue weighted by atomic mass is 9.76. The van der Waals surface area contributed by atoms with Crippen LogP contribution in [0.4, 0.5) is 0 Å². The standard InChI is InChI=1S/C19H24N2O2/c1-14-10-16(12-20-11-14)23-13-15-6-3-4-7-17(15)18-8-5-9-21-19(18)22-2/h5,8-12,15,17H,3-4,6-7,13H2,1-2H3. The highest BCUT2D eigenvalue weighted by molar-refractivity contribution is 5.30. The first kappa shape index (κ1) is 15.8. The van der Waals surface area contributed by atoms with Crippen molar-refractivity contribution in [2.75, 3.05) is 13.7 Å². The molecule has 0 bridgehead atoms. The van der Waals surface area contributed by atoms with Crippen LogP contribution in [-0.2, 0) is 0 Å². The maximum absolute atomic E-state index is 6.03. The molecule has 4 nitrogen and oxygen atoms in total. The molecule has 1 aliphatic carbocycles. The Bertz CT molecular complexity index is 645. The Morgan fingerprint density at radius 2 is 2.09 bits per heavy atom. The Kier molecular flexibility index (Phi) is 5.11. The molecule has 3 rings (SSSR count). The molecule has 0 amide bonds. The van der Waals surface area contributed by atoms with E-state index in [0.29, 0.717) is 18.4 Å². The number of pyridine rings is 2. The molecular weight excluding hydrogens is 288 g/mol. The average Bonchev–Trinajstić information content (AvgIpc) is 2.60. The fourth-order valence-electron chi connectivity index (χ4n) is 3.48. The van der Waals surface area contributed by atoms with Gasteiger partial charge in [0.15, 0.2) is 0 Å². The third-order valence-electron chi connectivity index (χ3n) is 4.62. The van der Waals surface area contributed by atoms with E-state index in [0.717, 1.165) is 17.2 Å². The van der Waals surface area contributed by atoms with Gasteiger partial charge in [-0.15, -0.1) is 0 Å². The molecule has 2 unspecified atom stereocenters. The van der Waals surface area contributed by atoms with Gasteiger partial charge in [0.1, 0.15) is 5.75 Å². The summed E-state index contributed by atoms with van der Waals surface area (Å²) >= 11 is 0. The zero-order valence-electron chi connectivity index (χ0n) is 13.9. The van der Waals surface area contributed by atoms with Gasteiger partial charge in [-0.2, -0.15) is 0 Å². The van der Waals surface area contributed by atoms with E-state index in [2.05, 4.69) is 16.0 Å². The van der Waals surface area contributed by atoms with Crippen molar-refractivity contribution in [1.82, 2.24) is 9.97 Å². The Hall–Kier alpha value is -2.10. The molecule has 0 N–H and O–H groups in total. The van der Waals surface area contributed by atoms with E-state index in [1.165, 1.54) is 31.2 Å². The molecule has 0 spiro atoms. The Labute approximate surface area is 137 Å². The maximum Gasteiger partial charge on any atom is 0.216 e. The second-order valence-corrected chi connectivity index (χ2v) is 6.26. The Morgan fingerprint density at radius 1 is 1.22 bits per heavy atom. The summed E-state index contributed by atoms with van der Waals surface area (Å²) in [5.74, 6) is 2.54. The number of hydrogen-bond acceptors (Lipinski definition) is 4. The van der Waals surface area contributed by atoms with Crippen LogP contribution in [0.15, 0.2) is 36.8 Å². The first-order chi connectivity index (χ1) is 11.3. The normalized spacial score (nSPS) is 21.0. The number of methoxy groups -OCH3 is 1. The van der Waals surface area contributed by atoms with Gasteiger partial charge >= 0.3 is 0 Å². The lowest BCUT2D eigenvalue weighted by Gasteiger charge is -2.32. The fourth-order valence-corrected chi connectivity index (χ4v) is 3.48. The molecule has 2 heterocycles. The van der Waals surface area contributed by atoms with Crippen LogP contribution < -0.4 is 9.47 Å². The third kappa shape index (κ3) is 3.81. The van der Waals surface area contributed by atoms with Crippen LogP contribution >= 0.6 is 0 Å². The SMILES string of the molecule is COc1ncccc1C1CCCCC1COc1cncc(C)c1. The summed E-state index contributed by atoms with van der Waals surface area (Å²) < 4.78 is 11.5. The molecule has 1 aliphatic rings. The summed E-state index contributed by atoms with van der Waals surface area (Å²) in [5, 5.41) is 0. The number of aromatic nitrogens is 2. The Morgan fingerprint density at radius 3 is 2.91 bits per heavy atom. The van der Waals surface area contributed by atoms with Crippen LogP contribution in [0, 0.1) is 12.8 Å². The average molecular weight is 312 g/mol. The summed E-state index contributed by atoms with van der Waals surface area (Å²) in [7, 11) is 1.69. The van der Waals surface area contributed by atoms with Gasteiger partial charge in [0.2, 0.25) is 5.88 Å². The summed E-state index contributed by atoms with van der Waals surface area (Å²) in [5.41, 5.74) is 2.34. The van der Waals surface area contributed by atoms with Crippen molar-refractivity contribution < 1.29 is 9.47 Å². The molecule has 1 saturated carbocycles. The zero-order valence-corrected chi connectivity index (χ0v) is 13.9. The highest BCUT2D eigenvalue weighted by atomic mass is 16.5. The topological polar surface area (TPSA) is 44.2 Å². The minimum Gasteiger partial charge on any atom is -0.492 e. The molecule has 0 saturated heterocycles. The molecule has 0 aliphatic heterocycles. The highest BCUT2D eigenvalue weighted by Gasteiger charge is 2.29. The Balaban J connectivity index is 1.74. The van der Waals surface area contributed by atoms with Gasteiger partial charge in [-0.1, -0.05) is 18.9 Å². The summed E-state index contributed by atoms with van der Waals surface area (Å²) in [4.78, 5) is 8.56. The third-order valence-corrected chi connectivity index (χ3v) is 4.62. The van der Waals surface area contributed by atoms with Gasteiger partial charge in [-0.05, 0) is 43.4 Å². The van der Waals surface area contributed by atoms with Crippen molar-refractivity contribution in [3.8, 4) is 11.6 Å². The lowest BCUT2D eigenvalue weighted by molar-refractivity contribution is 0.183. The lowest BCUT2D eigenvalue weighted by Crippen LogP contribution is -2.24. The monoisotopic (exact) mass is 312 g/mol. The molecule has 2 aromatic rings. The summed E-state index contributed by atoms with van der Waals surface area (Å²) in [6, 6.07) is 6.17. The van der Waals surface area contributed by atoms with E-state index >= 15 is 0 Å². The minimum absolute atomic E-state index is 0.449. The van der Waals surface area contributed by atoms with Gasteiger partial charge in [0, 0.05) is 23.9 Å². The number of ether oxygens (including phenoxy) is 2. The van der Waals surface area contributed by atoms with E-state index < -0.39 is 0 Å². The first-order valence-corrected chi connectivity index (χ1v) is 8.31. The highest BCUT2D eigenvalue weighted by Crippen LogP contribution is 2.40. The largest absolute Gasteiger partial charge is 0.492 e. The fraction of sp³-hybridized carbons (Fsp3) is 0.474. The van der Waals surface area contributed by atoms with E-state index in [9.17, 15) is 0 Å². The van der Waals surface area contributed by atoms with Gasteiger partial charge in [0.05, 0.1) is 19.9 Å². The second-order valence-electron chi connectivity index (χ2n) is 6.26. The minimum atomic E-state index is 0.449. The molecule has 1 fully saturated rings. The number of nitrogens with zero attached hydrogens (tertiary/aromatic N) is 2. The number of rotatable bonds is 5. The summed E-state index contributed by atoms with van der Waals surface area (Å²) in [6.07, 6.45) is 10.3. The van der Waals surface area contributed by atoms with Crippen molar-refractivity contribution in [1.29, 1.82) is 0 Å². The molecule has 122 valence electrons. The van der Waals surface area contributed by atoms with Crippen LogP contribution in [0.5, 0.6) is 11.6 Å². The van der Waals surface area contributed by atoms with E-state index in [4.69, 9.17) is 9.47 Å². The molecule has 2 aromatic heterocycles. The van der Waals surface area contributed by atoms with Crippen LogP contribution in [0.3, 0.4) is 0 Å². The quantitative estimate of drug-likeness (QED) is 0.832. The van der Waals surface area contributed by atoms with Crippen LogP contribution in [-0.4, -0.2) is 23.7 Å². The van der Waals surface area contributed by atoms with Crippen LogP contribution in [0.2, 0.25) is 0 Å². The van der Waals surface area contributed by atoms with Crippen molar-refractivity contribution in [2.45, 2.75) is 38.5 Å². The van der Waals surface area contributed by atoms with Crippen molar-refractivity contribution in [2.24, 2.45) is 5.92 Å². The predicted octanol–water partition coefficient (Wildman–Crippen LogP) is 4.15. The molecule has 4 heteroatoms. The smallest absolute Gasteiger partial charge is 0.216 e. The number of aryl methyl sites for hydroxylation is 1. The van der Waals surface area contributed by atoms with E-state index in [-0.39, 0.29) is 0 Å². The van der Waals surface area contributed by atoms with Gasteiger partial charge in [-0.25, -0.2) is 4.98 Å². The van der Waals surface area contributed by atoms with E-state index in [1.807, 2.05) is 25.3 Å². The van der Waals surface area contributed by atoms with Gasteiger partial charge in [-0.3, -0.25) is 4.98 Å². The van der Waals surface area contributed by atoms with Crippen molar-refractivity contribution in [3.05, 3.63) is 47.9 Å². The molecule has 2 atom stereocenters. The molecular formula is C19H24N2O2. The zero-order chi connectivity index (χ0) is 16.1. The van der Waals surface area contributed by atoms with E-state index in [1.54, 1.807) is 19.5 Å². The van der Waals surface area contributed by atoms with Crippen molar-refractivity contribution in [3.63, 3.8) is 0 Å². The second kappa shape index (κ2) is 7.44. The summed E-state index contributed by atoms with van der Waals surface area (Å²) in [6.45, 7) is 2.75. The maximum atomic E-state index is 6.03. The van der Waals surface area contributed by atoms with Crippen molar-refractivity contribution >= 4 is 0 Å². The van der Waals surface area contributed by atoms with Gasteiger partial charge in [0.25, 0.3) is 0 Å². The molecule has 0 aromatic carbocycles. The molecule has 0 radical (unpaired) electrons.